The number of hydrogen-bond donors (Lipinski definition) is 1. The molecule has 182 valence electrons. The van der Waals surface area contributed by atoms with Crippen molar-refractivity contribution in [3.8, 4) is 0 Å². The Kier molecular flexibility index (Phi) is 7.16. The van der Waals surface area contributed by atoms with Crippen LogP contribution in [0.15, 0.2) is 65.6 Å². The van der Waals surface area contributed by atoms with E-state index in [1.807, 2.05) is 0 Å². The Bertz CT molecular complexity index is 1000. The number of sulfonamides is 1. The molecule has 0 aliphatic heterocycles. The van der Waals surface area contributed by atoms with Gasteiger partial charge in [-0.25, -0.2) is 8.42 Å². The van der Waals surface area contributed by atoms with Crippen LogP contribution in [0.3, 0.4) is 0 Å². The molecule has 0 bridgehead atoms. The van der Waals surface area contributed by atoms with E-state index in [0.717, 1.165) is 4.31 Å². The highest BCUT2D eigenvalue weighted by Crippen LogP contribution is 2.52. The summed E-state index contributed by atoms with van der Waals surface area (Å²) in [5.41, 5.74) is -4.21. The van der Waals surface area contributed by atoms with Gasteiger partial charge in [-0.2, -0.15) is 30.6 Å². The van der Waals surface area contributed by atoms with Crippen LogP contribution in [0.1, 0.15) is 31.2 Å². The minimum atomic E-state index is -5.90. The van der Waals surface area contributed by atoms with Gasteiger partial charge in [0.2, 0.25) is 10.0 Å². The van der Waals surface area contributed by atoms with Crippen LogP contribution in [-0.2, 0) is 16.6 Å². The van der Waals surface area contributed by atoms with E-state index in [0.29, 0.717) is 5.56 Å². The van der Waals surface area contributed by atoms with Gasteiger partial charge in [-0.05, 0) is 43.4 Å². The van der Waals surface area contributed by atoms with Crippen LogP contribution in [-0.4, -0.2) is 41.8 Å². The van der Waals surface area contributed by atoms with Crippen molar-refractivity contribution >= 4 is 10.0 Å². The number of rotatable bonds is 6. The van der Waals surface area contributed by atoms with E-state index in [-0.39, 0.29) is 24.3 Å². The average molecular weight is 495 g/mol. The van der Waals surface area contributed by atoms with Gasteiger partial charge in [0.15, 0.2) is 0 Å². The fourth-order valence-electron chi connectivity index (χ4n) is 4.31. The molecular weight excluding hydrogens is 472 g/mol. The maximum absolute atomic E-state index is 13.3. The number of hydrogen-bond acceptors (Lipinski definition) is 3. The first-order chi connectivity index (χ1) is 15.3. The van der Waals surface area contributed by atoms with Gasteiger partial charge in [0.1, 0.15) is 0 Å². The Balaban J connectivity index is 1.90. The Morgan fingerprint density at radius 1 is 0.788 bits per heavy atom. The molecule has 1 saturated carbocycles. The van der Waals surface area contributed by atoms with Gasteiger partial charge in [-0.3, -0.25) is 0 Å². The number of halogens is 6. The first-order valence-corrected chi connectivity index (χ1v) is 11.7. The van der Waals surface area contributed by atoms with Crippen molar-refractivity contribution in [2.24, 2.45) is 5.92 Å². The lowest BCUT2D eigenvalue weighted by molar-refractivity contribution is -0.387. The standard InChI is InChI=1S/C22H23F6NO3S/c23-21(24,25)20(30,22(26,27)28)17-11-13-18(14-12-17)29(15-16-7-3-1-4-8-16)33(31,32)19-9-5-2-6-10-19/h1-10,17-18,30H,11-15H2. The van der Waals surface area contributed by atoms with Crippen LogP contribution in [0, 0.1) is 5.92 Å². The third kappa shape index (κ3) is 5.04. The smallest absolute Gasteiger partial charge is 0.373 e. The molecule has 0 spiro atoms. The third-order valence-corrected chi connectivity index (χ3v) is 8.00. The summed E-state index contributed by atoms with van der Waals surface area (Å²) in [6.07, 6.45) is -13.6. The van der Waals surface area contributed by atoms with Crippen molar-refractivity contribution in [2.45, 2.75) is 61.1 Å². The van der Waals surface area contributed by atoms with Crippen LogP contribution in [0.25, 0.3) is 0 Å². The molecule has 1 fully saturated rings. The van der Waals surface area contributed by atoms with E-state index in [1.165, 1.54) is 24.3 Å². The SMILES string of the molecule is O=S(=O)(c1ccccc1)N(Cc1ccccc1)C1CCC(C(O)(C(F)(F)F)C(F)(F)F)CC1. The highest BCUT2D eigenvalue weighted by Gasteiger charge is 2.73. The highest BCUT2D eigenvalue weighted by molar-refractivity contribution is 7.89. The summed E-state index contributed by atoms with van der Waals surface area (Å²) in [6, 6.07) is 15.1. The van der Waals surface area contributed by atoms with E-state index in [4.69, 9.17) is 0 Å². The Labute approximate surface area is 187 Å². The zero-order chi connectivity index (χ0) is 24.5. The summed E-state index contributed by atoms with van der Waals surface area (Å²) < 4.78 is 107. The van der Waals surface area contributed by atoms with Crippen LogP contribution >= 0.6 is 0 Å². The van der Waals surface area contributed by atoms with Crippen LogP contribution in [0.2, 0.25) is 0 Å². The van der Waals surface area contributed by atoms with Gasteiger partial charge in [-0.15, -0.1) is 0 Å². The largest absolute Gasteiger partial charge is 0.426 e. The maximum atomic E-state index is 13.3. The highest BCUT2D eigenvalue weighted by atomic mass is 32.2. The number of aliphatic hydroxyl groups is 1. The lowest BCUT2D eigenvalue weighted by Crippen LogP contribution is -2.62. The Morgan fingerprint density at radius 3 is 1.70 bits per heavy atom. The van der Waals surface area contributed by atoms with Crippen molar-refractivity contribution in [1.29, 1.82) is 0 Å². The summed E-state index contributed by atoms with van der Waals surface area (Å²) in [7, 11) is -4.08. The maximum Gasteiger partial charge on any atom is 0.426 e. The lowest BCUT2D eigenvalue weighted by atomic mass is 9.74. The van der Waals surface area contributed by atoms with Gasteiger partial charge < -0.3 is 5.11 Å². The normalized spacial score (nSPS) is 20.7. The minimum absolute atomic E-state index is 0.0230. The van der Waals surface area contributed by atoms with E-state index < -0.39 is 52.8 Å². The molecule has 2 aromatic carbocycles. The zero-order valence-electron chi connectivity index (χ0n) is 17.4. The Hall–Kier alpha value is -2.11. The third-order valence-electron chi connectivity index (χ3n) is 6.09. The van der Waals surface area contributed by atoms with E-state index in [2.05, 4.69) is 0 Å². The summed E-state index contributed by atoms with van der Waals surface area (Å²) in [5.74, 6) is -2.12. The molecule has 0 radical (unpaired) electrons. The first-order valence-electron chi connectivity index (χ1n) is 10.2. The number of benzene rings is 2. The van der Waals surface area contributed by atoms with Crippen LogP contribution in [0.5, 0.6) is 0 Å². The first kappa shape index (κ1) is 25.5. The molecule has 0 atom stereocenters. The zero-order valence-corrected chi connectivity index (χ0v) is 18.2. The van der Waals surface area contributed by atoms with Gasteiger partial charge in [0.25, 0.3) is 5.60 Å². The molecule has 1 N–H and O–H groups in total. The van der Waals surface area contributed by atoms with Crippen LogP contribution in [0.4, 0.5) is 26.3 Å². The summed E-state index contributed by atoms with van der Waals surface area (Å²) in [4.78, 5) is -0.0230. The topological polar surface area (TPSA) is 57.6 Å². The molecule has 11 heteroatoms. The molecule has 0 saturated heterocycles. The quantitative estimate of drug-likeness (QED) is 0.554. The number of alkyl halides is 6. The molecule has 4 nitrogen and oxygen atoms in total. The molecule has 3 rings (SSSR count). The minimum Gasteiger partial charge on any atom is -0.373 e. The van der Waals surface area contributed by atoms with E-state index in [9.17, 15) is 39.9 Å². The summed E-state index contributed by atoms with van der Waals surface area (Å²) in [5, 5.41) is 9.73. The van der Waals surface area contributed by atoms with Gasteiger partial charge in [-0.1, -0.05) is 48.5 Å². The van der Waals surface area contributed by atoms with Crippen molar-refractivity contribution in [1.82, 2.24) is 4.31 Å². The summed E-state index contributed by atoms with van der Waals surface area (Å²) >= 11 is 0. The molecule has 1 aliphatic carbocycles. The van der Waals surface area contributed by atoms with E-state index in [1.54, 1.807) is 36.4 Å². The molecule has 33 heavy (non-hydrogen) atoms. The second kappa shape index (κ2) is 9.27. The van der Waals surface area contributed by atoms with Crippen molar-refractivity contribution in [3.05, 3.63) is 66.2 Å². The predicted octanol–water partition coefficient (Wildman–Crippen LogP) is 5.29. The molecule has 0 unspecified atom stereocenters. The van der Waals surface area contributed by atoms with Crippen molar-refractivity contribution < 1.29 is 39.9 Å². The number of nitrogens with zero attached hydrogens (tertiary/aromatic N) is 1. The molecule has 0 aromatic heterocycles. The Morgan fingerprint density at radius 2 is 1.24 bits per heavy atom. The fourth-order valence-corrected chi connectivity index (χ4v) is 6.00. The molecule has 0 amide bonds. The lowest BCUT2D eigenvalue weighted by Gasteiger charge is -2.43. The molecular formula is C22H23F6NO3S. The second-order valence-electron chi connectivity index (χ2n) is 8.12. The monoisotopic (exact) mass is 495 g/mol. The predicted molar refractivity (Wildman–Crippen MR) is 108 cm³/mol. The summed E-state index contributed by atoms with van der Waals surface area (Å²) in [6.45, 7) is -0.0871. The van der Waals surface area contributed by atoms with Gasteiger partial charge in [0, 0.05) is 18.5 Å². The average Bonchev–Trinajstić information content (AvgIpc) is 2.77. The second-order valence-corrected chi connectivity index (χ2v) is 10.0. The fraction of sp³-hybridized carbons (Fsp3) is 0.455. The van der Waals surface area contributed by atoms with Gasteiger partial charge in [0.05, 0.1) is 4.90 Å². The molecule has 1 aliphatic rings. The molecule has 2 aromatic rings. The van der Waals surface area contributed by atoms with Crippen molar-refractivity contribution in [3.63, 3.8) is 0 Å². The molecule has 0 heterocycles. The van der Waals surface area contributed by atoms with Crippen molar-refractivity contribution in [2.75, 3.05) is 0 Å². The van der Waals surface area contributed by atoms with Gasteiger partial charge >= 0.3 is 12.4 Å². The van der Waals surface area contributed by atoms with Crippen LogP contribution < -0.4 is 0 Å². The van der Waals surface area contributed by atoms with E-state index >= 15 is 0 Å².